The molecule has 2 aromatic rings. The van der Waals surface area contributed by atoms with Crippen molar-refractivity contribution in [3.05, 3.63) is 65.2 Å². The third-order valence-corrected chi connectivity index (χ3v) is 7.87. The first-order valence-corrected chi connectivity index (χ1v) is 11.8. The molecule has 1 saturated carbocycles. The molecule has 168 valence electrons. The second-order valence-electron chi connectivity index (χ2n) is 9.36. The SMILES string of the molecule is CCOC(=O)C1C[C@@H]2C3CCCC2(c2ccc(OC)cc2C3)N(Cc2ccccc2)C1=O. The number of rotatable bonds is 5. The summed E-state index contributed by atoms with van der Waals surface area (Å²) in [6.45, 7) is 2.60. The van der Waals surface area contributed by atoms with E-state index in [2.05, 4.69) is 24.3 Å². The fourth-order valence-electron chi connectivity index (χ4n) is 6.59. The van der Waals surface area contributed by atoms with Crippen LogP contribution in [0, 0.1) is 17.8 Å². The van der Waals surface area contributed by atoms with Crippen molar-refractivity contribution < 1.29 is 19.1 Å². The number of carbonyl (C=O) groups is 2. The molecule has 2 fully saturated rings. The van der Waals surface area contributed by atoms with Crippen molar-refractivity contribution in [1.82, 2.24) is 4.90 Å². The van der Waals surface area contributed by atoms with Crippen molar-refractivity contribution in [2.24, 2.45) is 17.8 Å². The van der Waals surface area contributed by atoms with Crippen LogP contribution >= 0.6 is 0 Å². The van der Waals surface area contributed by atoms with Crippen molar-refractivity contribution in [2.75, 3.05) is 13.7 Å². The highest BCUT2D eigenvalue weighted by Gasteiger charge is 2.60. The Bertz CT molecular complexity index is 1020. The number of benzene rings is 2. The second kappa shape index (κ2) is 8.27. The molecular weight excluding hydrogens is 402 g/mol. The number of carbonyl (C=O) groups excluding carboxylic acids is 2. The molecule has 1 amide bonds. The number of methoxy groups -OCH3 is 1. The minimum Gasteiger partial charge on any atom is -0.497 e. The summed E-state index contributed by atoms with van der Waals surface area (Å²) in [5.74, 6) is 0.395. The van der Waals surface area contributed by atoms with Crippen LogP contribution in [-0.2, 0) is 32.8 Å². The molecule has 0 aromatic heterocycles. The molecule has 2 aliphatic carbocycles. The summed E-state index contributed by atoms with van der Waals surface area (Å²) in [5, 5.41) is 0. The van der Waals surface area contributed by atoms with Gasteiger partial charge in [-0.15, -0.1) is 0 Å². The topological polar surface area (TPSA) is 55.8 Å². The monoisotopic (exact) mass is 433 g/mol. The van der Waals surface area contributed by atoms with E-state index in [0.717, 1.165) is 37.0 Å². The lowest BCUT2D eigenvalue weighted by Crippen LogP contribution is -2.65. The lowest BCUT2D eigenvalue weighted by atomic mass is 9.53. The van der Waals surface area contributed by atoms with Gasteiger partial charge in [0.1, 0.15) is 11.7 Å². The zero-order valence-electron chi connectivity index (χ0n) is 18.9. The van der Waals surface area contributed by atoms with Crippen molar-refractivity contribution in [2.45, 2.75) is 51.1 Å². The van der Waals surface area contributed by atoms with Crippen LogP contribution in [0.25, 0.3) is 0 Å². The van der Waals surface area contributed by atoms with Crippen molar-refractivity contribution >= 4 is 11.9 Å². The molecule has 0 N–H and O–H groups in total. The molecule has 5 heteroatoms. The smallest absolute Gasteiger partial charge is 0.318 e. The molecule has 2 aromatic carbocycles. The Morgan fingerprint density at radius 1 is 1.19 bits per heavy atom. The summed E-state index contributed by atoms with van der Waals surface area (Å²) in [6, 6.07) is 16.4. The molecule has 5 nitrogen and oxygen atoms in total. The highest BCUT2D eigenvalue weighted by atomic mass is 16.5. The van der Waals surface area contributed by atoms with Gasteiger partial charge in [0.15, 0.2) is 0 Å². The molecule has 4 atom stereocenters. The number of ether oxygens (including phenoxy) is 2. The van der Waals surface area contributed by atoms with E-state index in [4.69, 9.17) is 9.47 Å². The molecule has 5 rings (SSSR count). The molecule has 3 aliphatic rings. The number of amides is 1. The van der Waals surface area contributed by atoms with Crippen molar-refractivity contribution in [1.29, 1.82) is 0 Å². The average Bonchev–Trinajstić information content (AvgIpc) is 2.81. The molecule has 32 heavy (non-hydrogen) atoms. The number of piperidine rings is 1. The Labute approximate surface area is 189 Å². The summed E-state index contributed by atoms with van der Waals surface area (Å²) >= 11 is 0. The van der Waals surface area contributed by atoms with Crippen LogP contribution in [-0.4, -0.2) is 30.5 Å². The molecule has 1 saturated heterocycles. The Hall–Kier alpha value is -2.82. The fourth-order valence-corrected chi connectivity index (χ4v) is 6.59. The van der Waals surface area contributed by atoms with Crippen LogP contribution in [0.3, 0.4) is 0 Å². The first-order valence-electron chi connectivity index (χ1n) is 11.8. The summed E-state index contributed by atoms with van der Waals surface area (Å²) in [5.41, 5.74) is 3.23. The minimum absolute atomic E-state index is 0.0899. The van der Waals surface area contributed by atoms with Gasteiger partial charge in [-0.3, -0.25) is 9.59 Å². The summed E-state index contributed by atoms with van der Waals surface area (Å²) in [4.78, 5) is 28.8. The lowest BCUT2D eigenvalue weighted by Gasteiger charge is -2.61. The normalized spacial score (nSPS) is 28.5. The second-order valence-corrected chi connectivity index (χ2v) is 9.36. The maximum absolute atomic E-state index is 13.9. The van der Waals surface area contributed by atoms with Gasteiger partial charge < -0.3 is 14.4 Å². The largest absolute Gasteiger partial charge is 0.497 e. The van der Waals surface area contributed by atoms with Crippen LogP contribution in [0.1, 0.15) is 49.3 Å². The van der Waals surface area contributed by atoms with Gasteiger partial charge in [0, 0.05) is 6.54 Å². The molecule has 1 aliphatic heterocycles. The van der Waals surface area contributed by atoms with Crippen LogP contribution in [0.4, 0.5) is 0 Å². The van der Waals surface area contributed by atoms with Gasteiger partial charge in [-0.1, -0.05) is 42.8 Å². The quantitative estimate of drug-likeness (QED) is 0.516. The maximum Gasteiger partial charge on any atom is 0.318 e. The van der Waals surface area contributed by atoms with E-state index in [1.807, 2.05) is 29.2 Å². The van der Waals surface area contributed by atoms with Gasteiger partial charge in [0.25, 0.3) is 0 Å². The summed E-state index contributed by atoms with van der Waals surface area (Å²) in [7, 11) is 1.70. The first-order chi connectivity index (χ1) is 15.6. The van der Waals surface area contributed by atoms with E-state index < -0.39 is 5.92 Å². The predicted octanol–water partition coefficient (Wildman–Crippen LogP) is 4.47. The van der Waals surface area contributed by atoms with Gasteiger partial charge in [-0.05, 0) is 73.3 Å². The molecule has 1 heterocycles. The minimum atomic E-state index is -0.711. The van der Waals surface area contributed by atoms with Crippen LogP contribution in [0.2, 0.25) is 0 Å². The third-order valence-electron chi connectivity index (χ3n) is 7.87. The van der Waals surface area contributed by atoms with Gasteiger partial charge in [-0.25, -0.2) is 0 Å². The van der Waals surface area contributed by atoms with Gasteiger partial charge in [0.2, 0.25) is 5.91 Å². The standard InChI is InChI=1S/C27H31NO4/c1-3-32-26(30)22-16-24-19-10-7-13-27(24,23-12-11-21(31-2)15-20(23)14-19)28(25(22)29)17-18-8-5-4-6-9-18/h4-6,8-9,11-12,15,19,22,24H,3,7,10,13-14,16-17H2,1-2H3/t19?,22?,24-,27?/m1/s1. The fraction of sp³-hybridized carbons (Fsp3) is 0.481. The molecule has 2 bridgehead atoms. The highest BCUT2D eigenvalue weighted by Crippen LogP contribution is 2.59. The maximum atomic E-state index is 13.9. The average molecular weight is 434 g/mol. The number of nitrogens with zero attached hydrogens (tertiary/aromatic N) is 1. The van der Waals surface area contributed by atoms with Crippen LogP contribution < -0.4 is 4.74 Å². The van der Waals surface area contributed by atoms with Gasteiger partial charge >= 0.3 is 5.97 Å². The van der Waals surface area contributed by atoms with E-state index in [-0.39, 0.29) is 23.3 Å². The number of likely N-dealkylation sites (tertiary alicyclic amines) is 1. The van der Waals surface area contributed by atoms with E-state index in [9.17, 15) is 9.59 Å². The summed E-state index contributed by atoms with van der Waals surface area (Å²) < 4.78 is 10.9. The van der Waals surface area contributed by atoms with Gasteiger partial charge in [-0.2, -0.15) is 0 Å². The number of hydrogen-bond donors (Lipinski definition) is 0. The molecule has 3 unspecified atom stereocenters. The number of esters is 1. The molecule has 0 spiro atoms. The van der Waals surface area contributed by atoms with E-state index in [1.165, 1.54) is 11.1 Å². The summed E-state index contributed by atoms with van der Waals surface area (Å²) in [6.07, 6.45) is 4.71. The number of hydrogen-bond acceptors (Lipinski definition) is 4. The van der Waals surface area contributed by atoms with E-state index >= 15 is 0 Å². The Balaban J connectivity index is 1.65. The Kier molecular flexibility index (Phi) is 5.44. The Morgan fingerprint density at radius 3 is 2.75 bits per heavy atom. The van der Waals surface area contributed by atoms with Crippen LogP contribution in [0.5, 0.6) is 5.75 Å². The zero-order chi connectivity index (χ0) is 22.3. The highest BCUT2D eigenvalue weighted by molar-refractivity contribution is 5.99. The first kappa shape index (κ1) is 21.0. The third kappa shape index (κ3) is 3.21. The van der Waals surface area contributed by atoms with E-state index in [1.54, 1.807) is 14.0 Å². The van der Waals surface area contributed by atoms with Crippen LogP contribution in [0.15, 0.2) is 48.5 Å². The van der Waals surface area contributed by atoms with Crippen molar-refractivity contribution in [3.8, 4) is 5.75 Å². The van der Waals surface area contributed by atoms with E-state index in [0.29, 0.717) is 25.5 Å². The zero-order valence-corrected chi connectivity index (χ0v) is 18.9. The van der Waals surface area contributed by atoms with Gasteiger partial charge in [0.05, 0.1) is 19.3 Å². The number of fused-ring (bicyclic) bond motifs is 1. The molecular formula is C27H31NO4. The lowest BCUT2D eigenvalue weighted by molar-refractivity contribution is -0.176. The Morgan fingerprint density at radius 2 is 2.00 bits per heavy atom. The predicted molar refractivity (Wildman–Crippen MR) is 121 cm³/mol. The molecule has 0 radical (unpaired) electrons. The van der Waals surface area contributed by atoms with Crippen molar-refractivity contribution in [3.63, 3.8) is 0 Å².